The molecule has 0 radical (unpaired) electrons. The Bertz CT molecular complexity index is 708. The monoisotopic (exact) mass is 325 g/mol. The van der Waals surface area contributed by atoms with E-state index in [1.807, 2.05) is 30.3 Å². The van der Waals surface area contributed by atoms with E-state index in [0.29, 0.717) is 0 Å². The van der Waals surface area contributed by atoms with Crippen LogP contribution in [0, 0.1) is 0 Å². The van der Waals surface area contributed by atoms with Crippen LogP contribution in [0.4, 0.5) is 0 Å². The van der Waals surface area contributed by atoms with E-state index < -0.39 is 12.0 Å². The molecular formula is C19H19NO4. The zero-order chi connectivity index (χ0) is 17.4. The molecule has 2 N–H and O–H groups in total. The van der Waals surface area contributed by atoms with Gasteiger partial charge in [-0.2, -0.15) is 0 Å². The quantitative estimate of drug-likeness (QED) is 0.631. The number of esters is 1. The summed E-state index contributed by atoms with van der Waals surface area (Å²) in [5.41, 5.74) is 1.69. The van der Waals surface area contributed by atoms with Crippen LogP contribution < -0.4 is 5.32 Å². The van der Waals surface area contributed by atoms with Crippen molar-refractivity contribution in [1.29, 1.82) is 0 Å². The second-order valence-corrected chi connectivity index (χ2v) is 5.20. The van der Waals surface area contributed by atoms with E-state index in [0.717, 1.165) is 11.1 Å². The Labute approximate surface area is 140 Å². The molecule has 2 aromatic rings. The van der Waals surface area contributed by atoms with Gasteiger partial charge in [-0.25, -0.2) is 4.79 Å². The van der Waals surface area contributed by atoms with Crippen molar-refractivity contribution in [3.63, 3.8) is 0 Å². The Morgan fingerprint density at radius 2 is 1.79 bits per heavy atom. The minimum absolute atomic E-state index is 0.142. The van der Waals surface area contributed by atoms with Crippen molar-refractivity contribution < 1.29 is 19.4 Å². The lowest BCUT2D eigenvalue weighted by atomic mass is 10.1. The van der Waals surface area contributed by atoms with Gasteiger partial charge in [0.1, 0.15) is 11.8 Å². The van der Waals surface area contributed by atoms with Gasteiger partial charge < -0.3 is 15.2 Å². The third-order valence-electron chi connectivity index (χ3n) is 3.41. The van der Waals surface area contributed by atoms with Crippen LogP contribution in [0.15, 0.2) is 60.7 Å². The number of hydrogen-bond donors (Lipinski definition) is 2. The fourth-order valence-electron chi connectivity index (χ4n) is 2.16. The lowest BCUT2D eigenvalue weighted by Gasteiger charge is -2.15. The molecule has 0 aliphatic carbocycles. The highest BCUT2D eigenvalue weighted by Crippen LogP contribution is 2.12. The zero-order valence-corrected chi connectivity index (χ0v) is 13.3. The molecule has 1 atom stereocenters. The molecule has 0 heterocycles. The normalized spacial score (nSPS) is 11.9. The van der Waals surface area contributed by atoms with Gasteiger partial charge >= 0.3 is 5.97 Å². The number of aromatic hydroxyl groups is 1. The van der Waals surface area contributed by atoms with Gasteiger partial charge in [-0.3, -0.25) is 4.79 Å². The van der Waals surface area contributed by atoms with Crippen LogP contribution in [0.2, 0.25) is 0 Å². The maximum Gasteiger partial charge on any atom is 0.328 e. The molecule has 2 rings (SSSR count). The second kappa shape index (κ2) is 8.53. The van der Waals surface area contributed by atoms with Gasteiger partial charge in [0.05, 0.1) is 7.11 Å². The molecule has 0 saturated heterocycles. The topological polar surface area (TPSA) is 75.6 Å². The molecule has 0 aromatic heterocycles. The van der Waals surface area contributed by atoms with Crippen molar-refractivity contribution in [1.82, 2.24) is 5.32 Å². The van der Waals surface area contributed by atoms with Crippen molar-refractivity contribution in [3.05, 3.63) is 71.8 Å². The first-order valence-corrected chi connectivity index (χ1v) is 7.48. The van der Waals surface area contributed by atoms with Gasteiger partial charge in [-0.15, -0.1) is 0 Å². The summed E-state index contributed by atoms with van der Waals surface area (Å²) in [5.74, 6) is -0.763. The first-order valence-electron chi connectivity index (χ1n) is 7.48. The predicted molar refractivity (Wildman–Crippen MR) is 91.2 cm³/mol. The van der Waals surface area contributed by atoms with E-state index >= 15 is 0 Å². The van der Waals surface area contributed by atoms with Crippen molar-refractivity contribution >= 4 is 18.0 Å². The maximum absolute atomic E-state index is 12.0. The molecule has 2 aromatic carbocycles. The molecule has 5 heteroatoms. The number of carbonyl (C=O) groups excluding carboxylic acids is 2. The Hall–Kier alpha value is -3.08. The number of phenolic OH excluding ortho intramolecular Hbond substituents is 1. The summed E-state index contributed by atoms with van der Waals surface area (Å²) in [6.07, 6.45) is 3.32. The average Bonchev–Trinajstić information content (AvgIpc) is 2.61. The smallest absolute Gasteiger partial charge is 0.328 e. The highest BCUT2D eigenvalue weighted by Gasteiger charge is 2.21. The van der Waals surface area contributed by atoms with Crippen molar-refractivity contribution in [3.8, 4) is 5.75 Å². The number of benzene rings is 2. The molecule has 24 heavy (non-hydrogen) atoms. The van der Waals surface area contributed by atoms with Crippen molar-refractivity contribution in [2.24, 2.45) is 0 Å². The van der Waals surface area contributed by atoms with Crippen LogP contribution in [-0.2, 0) is 20.7 Å². The molecule has 0 aliphatic heterocycles. The van der Waals surface area contributed by atoms with Gasteiger partial charge in [-0.05, 0) is 29.3 Å². The first kappa shape index (κ1) is 17.3. The number of carbonyl (C=O) groups is 2. The summed E-state index contributed by atoms with van der Waals surface area (Å²) in [7, 11) is 1.28. The lowest BCUT2D eigenvalue weighted by molar-refractivity contribution is -0.144. The minimum atomic E-state index is -0.799. The van der Waals surface area contributed by atoms with Crippen LogP contribution >= 0.6 is 0 Å². The van der Waals surface area contributed by atoms with E-state index in [1.54, 1.807) is 18.2 Å². The number of nitrogens with one attached hydrogen (secondary N) is 1. The van der Waals surface area contributed by atoms with Crippen LogP contribution in [0.1, 0.15) is 11.1 Å². The molecular weight excluding hydrogens is 306 g/mol. The van der Waals surface area contributed by atoms with Gasteiger partial charge in [-0.1, -0.05) is 42.5 Å². The number of phenols is 1. The van der Waals surface area contributed by atoms with E-state index in [9.17, 15) is 14.7 Å². The van der Waals surface area contributed by atoms with E-state index in [4.69, 9.17) is 4.74 Å². The van der Waals surface area contributed by atoms with Gasteiger partial charge in [0.25, 0.3) is 0 Å². The highest BCUT2D eigenvalue weighted by atomic mass is 16.5. The standard InChI is InChI=1S/C19H19NO4/c1-24-19(23)17(13-15-7-10-16(21)11-8-15)20-18(22)12-9-14-5-3-2-4-6-14/h2-12,17,21H,13H2,1H3,(H,20,22)/t17-/m0/s1. The van der Waals surface area contributed by atoms with Crippen molar-refractivity contribution in [2.45, 2.75) is 12.5 Å². The maximum atomic E-state index is 12.0. The second-order valence-electron chi connectivity index (χ2n) is 5.20. The van der Waals surface area contributed by atoms with E-state index in [1.165, 1.54) is 25.3 Å². The lowest BCUT2D eigenvalue weighted by Crippen LogP contribution is -2.42. The number of hydrogen-bond acceptors (Lipinski definition) is 4. The summed E-state index contributed by atoms with van der Waals surface area (Å²) in [6.45, 7) is 0. The molecule has 124 valence electrons. The molecule has 0 unspecified atom stereocenters. The van der Waals surface area contributed by atoms with Crippen LogP contribution in [0.3, 0.4) is 0 Å². The Morgan fingerprint density at radius 1 is 1.12 bits per heavy atom. The van der Waals surface area contributed by atoms with E-state index in [2.05, 4.69) is 5.32 Å². The Morgan fingerprint density at radius 3 is 2.42 bits per heavy atom. The molecule has 0 fully saturated rings. The van der Waals surface area contributed by atoms with Crippen LogP contribution in [0.25, 0.3) is 6.08 Å². The summed E-state index contributed by atoms with van der Waals surface area (Å²) in [5, 5.41) is 11.9. The third-order valence-corrected chi connectivity index (χ3v) is 3.41. The molecule has 0 spiro atoms. The molecule has 0 bridgehead atoms. The number of amides is 1. The molecule has 0 saturated carbocycles. The summed E-state index contributed by atoms with van der Waals surface area (Å²) >= 11 is 0. The predicted octanol–water partition coefficient (Wildman–Crippen LogP) is 2.31. The molecule has 1 amide bonds. The molecule has 5 nitrogen and oxygen atoms in total. The summed E-state index contributed by atoms with van der Waals surface area (Å²) < 4.78 is 4.74. The van der Waals surface area contributed by atoms with E-state index in [-0.39, 0.29) is 18.1 Å². The number of ether oxygens (including phenoxy) is 1. The molecule has 0 aliphatic rings. The third kappa shape index (κ3) is 5.28. The Balaban J connectivity index is 2.02. The van der Waals surface area contributed by atoms with Crippen molar-refractivity contribution in [2.75, 3.05) is 7.11 Å². The Kier molecular flexibility index (Phi) is 6.14. The highest BCUT2D eigenvalue weighted by molar-refractivity contribution is 5.94. The number of methoxy groups -OCH3 is 1. The largest absolute Gasteiger partial charge is 0.508 e. The fraction of sp³-hybridized carbons (Fsp3) is 0.158. The van der Waals surface area contributed by atoms with Gasteiger partial charge in [0, 0.05) is 12.5 Å². The van der Waals surface area contributed by atoms with Gasteiger partial charge in [0.2, 0.25) is 5.91 Å². The average molecular weight is 325 g/mol. The first-order chi connectivity index (χ1) is 11.6. The summed E-state index contributed by atoms with van der Waals surface area (Å²) in [6, 6.07) is 15.0. The SMILES string of the molecule is COC(=O)[C@H](Cc1ccc(O)cc1)NC(=O)C=Cc1ccccc1. The van der Waals surface area contributed by atoms with Crippen LogP contribution in [-0.4, -0.2) is 30.1 Å². The summed E-state index contributed by atoms with van der Waals surface area (Å²) in [4.78, 5) is 23.9. The number of rotatable bonds is 6. The fourth-order valence-corrected chi connectivity index (χ4v) is 2.16. The van der Waals surface area contributed by atoms with Crippen LogP contribution in [0.5, 0.6) is 5.75 Å². The zero-order valence-electron chi connectivity index (χ0n) is 13.3. The minimum Gasteiger partial charge on any atom is -0.508 e. The van der Waals surface area contributed by atoms with Gasteiger partial charge in [0.15, 0.2) is 0 Å².